The van der Waals surface area contributed by atoms with Gasteiger partial charge >= 0.3 is 0 Å². The first-order valence-electron chi connectivity index (χ1n) is 7.47. The van der Waals surface area contributed by atoms with E-state index < -0.39 is 11.6 Å². The molecule has 0 spiro atoms. The number of benzene rings is 2. The first kappa shape index (κ1) is 17.0. The number of rotatable bonds is 6. The van der Waals surface area contributed by atoms with Gasteiger partial charge < -0.3 is 4.74 Å². The molecule has 0 aliphatic carbocycles. The van der Waals surface area contributed by atoms with Gasteiger partial charge in [0.1, 0.15) is 24.0 Å². The summed E-state index contributed by atoms with van der Waals surface area (Å²) in [6, 6.07) is 10.6. The van der Waals surface area contributed by atoms with Crippen LogP contribution in [0.2, 0.25) is 0 Å². The van der Waals surface area contributed by atoms with Crippen LogP contribution in [0.15, 0.2) is 52.9 Å². The van der Waals surface area contributed by atoms with Crippen LogP contribution in [0.5, 0.6) is 5.75 Å². The van der Waals surface area contributed by atoms with Crippen molar-refractivity contribution in [3.8, 4) is 5.75 Å². The maximum atomic E-state index is 13.2. The highest BCUT2D eigenvalue weighted by molar-refractivity contribution is 7.13. The summed E-state index contributed by atoms with van der Waals surface area (Å²) in [6.45, 7) is 1.99. The first-order chi connectivity index (χ1) is 12.1. The molecule has 0 saturated heterocycles. The second-order valence-corrected chi connectivity index (χ2v) is 6.16. The van der Waals surface area contributed by atoms with Gasteiger partial charge in [0, 0.05) is 11.4 Å². The van der Waals surface area contributed by atoms with Crippen LogP contribution in [0.25, 0.3) is 0 Å². The standard InChI is InChI=1S/C18H15F2N3OS/c1-12-11-25-18(22-12)23-21-9-13-3-2-4-17(7-13)24-10-14-5-15(19)8-16(20)6-14/h2-9,11H,10H2,1H3,(H,22,23). The minimum Gasteiger partial charge on any atom is -0.489 e. The summed E-state index contributed by atoms with van der Waals surface area (Å²) < 4.78 is 31.9. The van der Waals surface area contributed by atoms with E-state index in [0.717, 1.165) is 17.3 Å². The van der Waals surface area contributed by atoms with E-state index in [4.69, 9.17) is 4.74 Å². The molecule has 1 N–H and O–H groups in total. The Bertz CT molecular complexity index is 875. The molecule has 1 aromatic heterocycles. The molecular weight excluding hydrogens is 344 g/mol. The number of nitrogens with one attached hydrogen (secondary N) is 1. The van der Waals surface area contributed by atoms with E-state index in [1.807, 2.05) is 24.4 Å². The molecule has 0 unspecified atom stereocenters. The van der Waals surface area contributed by atoms with Gasteiger partial charge in [-0.2, -0.15) is 5.10 Å². The number of hydrazone groups is 1. The highest BCUT2D eigenvalue weighted by atomic mass is 32.1. The first-order valence-corrected chi connectivity index (χ1v) is 8.35. The summed E-state index contributed by atoms with van der Waals surface area (Å²) in [4.78, 5) is 4.24. The molecule has 0 aliphatic rings. The number of halogens is 2. The van der Waals surface area contributed by atoms with Crippen molar-refractivity contribution in [2.45, 2.75) is 13.5 Å². The SMILES string of the molecule is Cc1csc(NN=Cc2cccc(OCc3cc(F)cc(F)c3)c2)n1. The number of thiazole rings is 1. The molecular formula is C18H15F2N3OS. The van der Waals surface area contributed by atoms with Gasteiger partial charge in [-0.15, -0.1) is 11.3 Å². The Kier molecular flexibility index (Phi) is 5.35. The van der Waals surface area contributed by atoms with Crippen molar-refractivity contribution in [1.82, 2.24) is 4.98 Å². The number of hydrogen-bond donors (Lipinski definition) is 1. The molecule has 128 valence electrons. The molecule has 3 rings (SSSR count). The van der Waals surface area contributed by atoms with Gasteiger partial charge in [-0.3, -0.25) is 5.43 Å². The van der Waals surface area contributed by atoms with Gasteiger partial charge in [-0.1, -0.05) is 12.1 Å². The Hall–Kier alpha value is -2.80. The van der Waals surface area contributed by atoms with Crippen LogP contribution in [0, 0.1) is 18.6 Å². The third-order valence-corrected chi connectivity index (χ3v) is 4.04. The molecule has 1 heterocycles. The van der Waals surface area contributed by atoms with Crippen LogP contribution in [-0.2, 0) is 6.61 Å². The quantitative estimate of drug-likeness (QED) is 0.510. The van der Waals surface area contributed by atoms with Crippen LogP contribution >= 0.6 is 11.3 Å². The van der Waals surface area contributed by atoms with E-state index in [1.54, 1.807) is 18.3 Å². The van der Waals surface area contributed by atoms with E-state index in [9.17, 15) is 8.78 Å². The average molecular weight is 359 g/mol. The van der Waals surface area contributed by atoms with E-state index in [2.05, 4.69) is 15.5 Å². The predicted octanol–water partition coefficient (Wildman–Crippen LogP) is 4.75. The summed E-state index contributed by atoms with van der Waals surface area (Å²) in [5, 5.41) is 6.78. The fourth-order valence-electron chi connectivity index (χ4n) is 2.11. The molecule has 0 radical (unpaired) electrons. The number of ether oxygens (including phenoxy) is 1. The lowest BCUT2D eigenvalue weighted by Crippen LogP contribution is -1.98. The number of aromatic nitrogens is 1. The van der Waals surface area contributed by atoms with Crippen LogP contribution in [-0.4, -0.2) is 11.2 Å². The second-order valence-electron chi connectivity index (χ2n) is 5.30. The van der Waals surface area contributed by atoms with E-state index >= 15 is 0 Å². The minimum absolute atomic E-state index is 0.0753. The zero-order chi connectivity index (χ0) is 17.6. The molecule has 2 aromatic carbocycles. The summed E-state index contributed by atoms with van der Waals surface area (Å²) >= 11 is 1.47. The van der Waals surface area contributed by atoms with E-state index in [0.29, 0.717) is 16.4 Å². The Morgan fingerprint density at radius 2 is 2.00 bits per heavy atom. The zero-order valence-electron chi connectivity index (χ0n) is 13.4. The largest absolute Gasteiger partial charge is 0.489 e. The third-order valence-electron chi connectivity index (χ3n) is 3.18. The summed E-state index contributed by atoms with van der Waals surface area (Å²) in [6.07, 6.45) is 1.64. The molecule has 0 atom stereocenters. The van der Waals surface area contributed by atoms with Crippen LogP contribution in [0.1, 0.15) is 16.8 Å². The van der Waals surface area contributed by atoms with Gasteiger partial charge in [0.05, 0.1) is 11.9 Å². The van der Waals surface area contributed by atoms with Gasteiger partial charge in [-0.25, -0.2) is 13.8 Å². The van der Waals surface area contributed by atoms with Crippen molar-refractivity contribution in [3.05, 3.63) is 76.3 Å². The lowest BCUT2D eigenvalue weighted by molar-refractivity contribution is 0.305. The Labute approximate surface area is 147 Å². The van der Waals surface area contributed by atoms with Crippen molar-refractivity contribution >= 4 is 22.7 Å². The van der Waals surface area contributed by atoms with E-state index in [1.165, 1.54) is 23.5 Å². The highest BCUT2D eigenvalue weighted by Crippen LogP contribution is 2.17. The van der Waals surface area contributed by atoms with Crippen molar-refractivity contribution < 1.29 is 13.5 Å². The Morgan fingerprint density at radius 3 is 2.72 bits per heavy atom. The van der Waals surface area contributed by atoms with Gasteiger partial charge in [0.15, 0.2) is 0 Å². The zero-order valence-corrected chi connectivity index (χ0v) is 14.2. The predicted molar refractivity (Wildman–Crippen MR) is 95.2 cm³/mol. The van der Waals surface area contributed by atoms with Gasteiger partial charge in [0.25, 0.3) is 0 Å². The second kappa shape index (κ2) is 7.85. The molecule has 7 heteroatoms. The number of hydrogen-bond acceptors (Lipinski definition) is 5. The molecule has 0 amide bonds. The fourth-order valence-corrected chi connectivity index (χ4v) is 2.75. The van der Waals surface area contributed by atoms with Crippen LogP contribution in [0.3, 0.4) is 0 Å². The van der Waals surface area contributed by atoms with Gasteiger partial charge in [0.2, 0.25) is 5.13 Å². The minimum atomic E-state index is -0.622. The van der Waals surface area contributed by atoms with Crippen molar-refractivity contribution in [3.63, 3.8) is 0 Å². The average Bonchev–Trinajstić information content (AvgIpc) is 2.98. The summed E-state index contributed by atoms with van der Waals surface area (Å²) in [5.41, 5.74) is 5.04. The Morgan fingerprint density at radius 1 is 1.20 bits per heavy atom. The molecule has 0 saturated carbocycles. The molecule has 3 aromatic rings. The fraction of sp³-hybridized carbons (Fsp3) is 0.111. The van der Waals surface area contributed by atoms with Crippen molar-refractivity contribution in [2.24, 2.45) is 5.10 Å². The number of aryl methyl sites for hydroxylation is 1. The molecule has 4 nitrogen and oxygen atoms in total. The van der Waals surface area contributed by atoms with Crippen LogP contribution in [0.4, 0.5) is 13.9 Å². The van der Waals surface area contributed by atoms with Gasteiger partial charge in [-0.05, 0) is 42.3 Å². The highest BCUT2D eigenvalue weighted by Gasteiger charge is 2.02. The van der Waals surface area contributed by atoms with E-state index in [-0.39, 0.29) is 6.61 Å². The lowest BCUT2D eigenvalue weighted by atomic mass is 10.2. The Balaban J connectivity index is 1.60. The van der Waals surface area contributed by atoms with Crippen molar-refractivity contribution in [2.75, 3.05) is 5.43 Å². The number of nitrogens with zero attached hydrogens (tertiary/aromatic N) is 2. The normalized spacial score (nSPS) is 11.0. The molecule has 25 heavy (non-hydrogen) atoms. The maximum Gasteiger partial charge on any atom is 0.203 e. The summed E-state index contributed by atoms with van der Waals surface area (Å²) in [5.74, 6) is -0.662. The van der Waals surface area contributed by atoms with Crippen molar-refractivity contribution in [1.29, 1.82) is 0 Å². The third kappa shape index (κ3) is 5.09. The van der Waals surface area contributed by atoms with Crippen LogP contribution < -0.4 is 10.2 Å². The number of anilines is 1. The lowest BCUT2D eigenvalue weighted by Gasteiger charge is -2.07. The molecule has 0 bridgehead atoms. The topological polar surface area (TPSA) is 46.5 Å². The maximum absolute atomic E-state index is 13.2. The molecule has 0 fully saturated rings. The summed E-state index contributed by atoms with van der Waals surface area (Å²) in [7, 11) is 0. The molecule has 0 aliphatic heterocycles. The monoisotopic (exact) mass is 359 g/mol. The smallest absolute Gasteiger partial charge is 0.203 e.